The number of benzene rings is 1. The molecule has 0 spiro atoms. The van der Waals surface area contributed by atoms with Gasteiger partial charge in [-0.3, -0.25) is 4.79 Å². The Kier molecular flexibility index (Phi) is 5.58. The summed E-state index contributed by atoms with van der Waals surface area (Å²) in [5, 5.41) is 14.6. The molecule has 1 saturated carbocycles. The van der Waals surface area contributed by atoms with Gasteiger partial charge < -0.3 is 10.4 Å². The first-order valence-corrected chi connectivity index (χ1v) is 9.13. The molecule has 0 unspecified atom stereocenters. The Bertz CT molecular complexity index is 696. The van der Waals surface area contributed by atoms with Crippen LogP contribution in [0.25, 0.3) is 0 Å². The van der Waals surface area contributed by atoms with Crippen LogP contribution in [0.15, 0.2) is 29.6 Å². The fourth-order valence-corrected chi connectivity index (χ4v) is 3.85. The minimum Gasteiger partial charge on any atom is -0.396 e. The van der Waals surface area contributed by atoms with Crippen LogP contribution in [0.3, 0.4) is 0 Å². The van der Waals surface area contributed by atoms with E-state index < -0.39 is 0 Å². The Labute approximate surface area is 144 Å². The number of amides is 1. The van der Waals surface area contributed by atoms with E-state index in [2.05, 4.69) is 10.3 Å². The van der Waals surface area contributed by atoms with Crippen LogP contribution in [0.4, 0.5) is 4.39 Å². The normalized spacial score (nSPS) is 20.8. The molecule has 0 radical (unpaired) electrons. The highest BCUT2D eigenvalue weighted by Crippen LogP contribution is 2.24. The molecule has 4 nitrogen and oxygen atoms in total. The van der Waals surface area contributed by atoms with Crippen molar-refractivity contribution in [3.05, 3.63) is 51.7 Å². The first-order chi connectivity index (χ1) is 11.7. The Balaban J connectivity index is 1.57. The van der Waals surface area contributed by atoms with Crippen molar-refractivity contribution in [2.24, 2.45) is 5.92 Å². The number of nitrogens with one attached hydrogen (secondary N) is 1. The zero-order chi connectivity index (χ0) is 16.9. The van der Waals surface area contributed by atoms with Crippen LogP contribution >= 0.6 is 11.3 Å². The molecule has 2 aromatic rings. The second-order valence-corrected chi connectivity index (χ2v) is 7.21. The molecule has 1 amide bonds. The van der Waals surface area contributed by atoms with Crippen LogP contribution in [0.2, 0.25) is 0 Å². The van der Waals surface area contributed by atoms with Gasteiger partial charge in [0.1, 0.15) is 11.5 Å². The van der Waals surface area contributed by atoms with Gasteiger partial charge in [-0.1, -0.05) is 18.2 Å². The molecule has 24 heavy (non-hydrogen) atoms. The van der Waals surface area contributed by atoms with Gasteiger partial charge in [0.05, 0.1) is 5.01 Å². The van der Waals surface area contributed by atoms with Crippen molar-refractivity contribution in [3.8, 4) is 0 Å². The molecule has 0 saturated heterocycles. The highest BCUT2D eigenvalue weighted by atomic mass is 32.1. The SMILES string of the molecule is O=C(NC1CCC(CO)CC1)c1csc(Cc2ccccc2F)n1. The molecule has 1 aliphatic carbocycles. The topological polar surface area (TPSA) is 62.2 Å². The molecule has 0 aliphatic heterocycles. The molecule has 3 rings (SSSR count). The highest BCUT2D eigenvalue weighted by Gasteiger charge is 2.23. The van der Waals surface area contributed by atoms with E-state index in [4.69, 9.17) is 5.11 Å². The summed E-state index contributed by atoms with van der Waals surface area (Å²) in [4.78, 5) is 16.6. The zero-order valence-electron chi connectivity index (χ0n) is 13.4. The third-order valence-corrected chi connectivity index (χ3v) is 5.37. The summed E-state index contributed by atoms with van der Waals surface area (Å²) < 4.78 is 13.7. The van der Waals surface area contributed by atoms with E-state index in [1.165, 1.54) is 17.4 Å². The lowest BCUT2D eigenvalue weighted by Gasteiger charge is -2.27. The molecule has 0 atom stereocenters. The smallest absolute Gasteiger partial charge is 0.270 e. The first-order valence-electron chi connectivity index (χ1n) is 8.25. The average Bonchev–Trinajstić information content (AvgIpc) is 3.06. The number of aromatic nitrogens is 1. The van der Waals surface area contributed by atoms with Crippen molar-refractivity contribution in [1.82, 2.24) is 10.3 Å². The third kappa shape index (κ3) is 4.19. The van der Waals surface area contributed by atoms with Gasteiger partial charge in [-0.2, -0.15) is 0 Å². The van der Waals surface area contributed by atoms with Crippen LogP contribution in [-0.4, -0.2) is 28.6 Å². The van der Waals surface area contributed by atoms with Gasteiger partial charge in [0.15, 0.2) is 0 Å². The van der Waals surface area contributed by atoms with E-state index in [-0.39, 0.29) is 24.4 Å². The number of aliphatic hydroxyl groups is 1. The minimum atomic E-state index is -0.251. The summed E-state index contributed by atoms with van der Waals surface area (Å²) in [5.41, 5.74) is 0.983. The van der Waals surface area contributed by atoms with Gasteiger partial charge in [-0.25, -0.2) is 9.37 Å². The van der Waals surface area contributed by atoms with E-state index in [1.54, 1.807) is 23.6 Å². The summed E-state index contributed by atoms with van der Waals surface area (Å²) >= 11 is 1.38. The maximum atomic E-state index is 13.7. The standard InChI is InChI=1S/C18H21FN2O2S/c19-15-4-2-1-3-13(15)9-17-21-16(11-24-17)18(23)20-14-7-5-12(10-22)6-8-14/h1-4,11-12,14,22H,5-10H2,(H,20,23). The molecular formula is C18H21FN2O2S. The summed E-state index contributed by atoms with van der Waals surface area (Å²) in [6.07, 6.45) is 4.06. The Morgan fingerprint density at radius 3 is 2.75 bits per heavy atom. The molecule has 1 aromatic carbocycles. The number of hydrogen-bond acceptors (Lipinski definition) is 4. The number of carbonyl (C=O) groups is 1. The number of rotatable bonds is 5. The number of nitrogens with zero attached hydrogens (tertiary/aromatic N) is 1. The van der Waals surface area contributed by atoms with E-state index >= 15 is 0 Å². The summed E-state index contributed by atoms with van der Waals surface area (Å²) in [5.74, 6) is -0.0531. The second kappa shape index (κ2) is 7.85. The van der Waals surface area contributed by atoms with Crippen molar-refractivity contribution in [3.63, 3.8) is 0 Å². The van der Waals surface area contributed by atoms with Gasteiger partial charge in [0, 0.05) is 24.4 Å². The molecule has 6 heteroatoms. The minimum absolute atomic E-state index is 0.150. The number of hydrogen-bond donors (Lipinski definition) is 2. The Morgan fingerprint density at radius 1 is 1.29 bits per heavy atom. The molecule has 1 heterocycles. The Hall–Kier alpha value is -1.79. The quantitative estimate of drug-likeness (QED) is 0.872. The van der Waals surface area contributed by atoms with Crippen molar-refractivity contribution in [1.29, 1.82) is 0 Å². The maximum absolute atomic E-state index is 13.7. The first kappa shape index (κ1) is 17.0. The van der Waals surface area contributed by atoms with Crippen molar-refractivity contribution >= 4 is 17.2 Å². The van der Waals surface area contributed by atoms with Crippen LogP contribution < -0.4 is 5.32 Å². The van der Waals surface area contributed by atoms with Crippen LogP contribution in [-0.2, 0) is 6.42 Å². The van der Waals surface area contributed by atoms with Gasteiger partial charge in [-0.15, -0.1) is 11.3 Å². The fourth-order valence-electron chi connectivity index (χ4n) is 3.05. The Morgan fingerprint density at radius 2 is 2.04 bits per heavy atom. The number of thiazole rings is 1. The second-order valence-electron chi connectivity index (χ2n) is 6.27. The lowest BCUT2D eigenvalue weighted by molar-refractivity contribution is 0.0909. The lowest BCUT2D eigenvalue weighted by atomic mass is 9.86. The number of halogens is 1. The number of aliphatic hydroxyl groups excluding tert-OH is 1. The van der Waals surface area contributed by atoms with Crippen LogP contribution in [0.1, 0.15) is 46.7 Å². The molecule has 1 aliphatic rings. The van der Waals surface area contributed by atoms with Crippen molar-refractivity contribution < 1.29 is 14.3 Å². The van der Waals surface area contributed by atoms with E-state index in [9.17, 15) is 9.18 Å². The van der Waals surface area contributed by atoms with Gasteiger partial charge in [0.25, 0.3) is 5.91 Å². The molecule has 2 N–H and O–H groups in total. The monoisotopic (exact) mass is 348 g/mol. The molecular weight excluding hydrogens is 327 g/mol. The third-order valence-electron chi connectivity index (χ3n) is 4.52. The van der Waals surface area contributed by atoms with E-state index in [0.717, 1.165) is 30.7 Å². The largest absolute Gasteiger partial charge is 0.396 e. The van der Waals surface area contributed by atoms with Crippen LogP contribution in [0.5, 0.6) is 0 Å². The zero-order valence-corrected chi connectivity index (χ0v) is 14.2. The van der Waals surface area contributed by atoms with E-state index in [1.807, 2.05) is 0 Å². The van der Waals surface area contributed by atoms with Gasteiger partial charge in [-0.05, 0) is 43.2 Å². The van der Waals surface area contributed by atoms with Crippen molar-refractivity contribution in [2.45, 2.75) is 38.1 Å². The molecule has 1 aromatic heterocycles. The van der Waals surface area contributed by atoms with Crippen LogP contribution in [0, 0.1) is 11.7 Å². The lowest BCUT2D eigenvalue weighted by Crippen LogP contribution is -2.38. The molecule has 0 bridgehead atoms. The maximum Gasteiger partial charge on any atom is 0.270 e. The summed E-state index contributed by atoms with van der Waals surface area (Å²) in [6, 6.07) is 6.76. The van der Waals surface area contributed by atoms with Crippen molar-refractivity contribution in [2.75, 3.05) is 6.61 Å². The summed E-state index contributed by atoms with van der Waals surface area (Å²) in [6.45, 7) is 0.228. The van der Waals surface area contributed by atoms with Gasteiger partial charge >= 0.3 is 0 Å². The van der Waals surface area contributed by atoms with E-state index in [0.29, 0.717) is 23.6 Å². The molecule has 1 fully saturated rings. The highest BCUT2D eigenvalue weighted by molar-refractivity contribution is 7.09. The predicted octanol–water partition coefficient (Wildman–Crippen LogP) is 3.15. The number of carbonyl (C=O) groups excluding carboxylic acids is 1. The predicted molar refractivity (Wildman–Crippen MR) is 91.6 cm³/mol. The molecule has 128 valence electrons. The average molecular weight is 348 g/mol. The van der Waals surface area contributed by atoms with Gasteiger partial charge in [0.2, 0.25) is 0 Å². The fraction of sp³-hybridized carbons (Fsp3) is 0.444. The summed E-state index contributed by atoms with van der Waals surface area (Å²) in [7, 11) is 0.